The molecule has 1 heterocycles. The Morgan fingerprint density at radius 2 is 2.16 bits per heavy atom. The Morgan fingerprint density at radius 3 is 2.74 bits per heavy atom. The van der Waals surface area contributed by atoms with Crippen LogP contribution in [-0.4, -0.2) is 16.9 Å². The second kappa shape index (κ2) is 6.42. The lowest BCUT2D eigenvalue weighted by molar-refractivity contribution is 0.0916. The molecule has 19 heavy (non-hydrogen) atoms. The number of aromatic amines is 1. The van der Waals surface area contributed by atoms with E-state index in [4.69, 9.17) is 5.26 Å². The Morgan fingerprint density at radius 1 is 1.42 bits per heavy atom. The SMILES string of the molecule is CCCC1CCC(NC(=O)c2ccc(C#N)[nH]2)CC1. The smallest absolute Gasteiger partial charge is 0.267 e. The maximum Gasteiger partial charge on any atom is 0.267 e. The highest BCUT2D eigenvalue weighted by Gasteiger charge is 2.22. The van der Waals surface area contributed by atoms with Gasteiger partial charge in [-0.05, 0) is 43.7 Å². The predicted octanol–water partition coefficient (Wildman–Crippen LogP) is 2.98. The van der Waals surface area contributed by atoms with Crippen LogP contribution in [0.25, 0.3) is 0 Å². The van der Waals surface area contributed by atoms with Gasteiger partial charge in [-0.3, -0.25) is 4.79 Å². The quantitative estimate of drug-likeness (QED) is 0.872. The van der Waals surface area contributed by atoms with Gasteiger partial charge >= 0.3 is 0 Å². The number of hydrogen-bond donors (Lipinski definition) is 2. The number of carbonyl (C=O) groups excluding carboxylic acids is 1. The van der Waals surface area contributed by atoms with E-state index in [2.05, 4.69) is 17.2 Å². The van der Waals surface area contributed by atoms with Crippen LogP contribution in [0.15, 0.2) is 12.1 Å². The number of aromatic nitrogens is 1. The van der Waals surface area contributed by atoms with E-state index in [1.165, 1.54) is 25.7 Å². The molecule has 4 nitrogen and oxygen atoms in total. The van der Waals surface area contributed by atoms with E-state index in [9.17, 15) is 4.79 Å². The van der Waals surface area contributed by atoms with E-state index in [-0.39, 0.29) is 11.9 Å². The number of amides is 1. The molecule has 0 atom stereocenters. The van der Waals surface area contributed by atoms with Crippen molar-refractivity contribution in [1.82, 2.24) is 10.3 Å². The highest BCUT2D eigenvalue weighted by Crippen LogP contribution is 2.27. The highest BCUT2D eigenvalue weighted by atomic mass is 16.1. The zero-order valence-electron chi connectivity index (χ0n) is 11.4. The van der Waals surface area contributed by atoms with E-state index < -0.39 is 0 Å². The van der Waals surface area contributed by atoms with Gasteiger partial charge in [-0.15, -0.1) is 0 Å². The van der Waals surface area contributed by atoms with Gasteiger partial charge in [-0.1, -0.05) is 19.8 Å². The molecule has 0 aliphatic heterocycles. The number of nitrogens with zero attached hydrogens (tertiary/aromatic N) is 1. The van der Waals surface area contributed by atoms with Gasteiger partial charge in [0.2, 0.25) is 0 Å². The standard InChI is InChI=1S/C15H21N3O/c1-2-3-11-4-6-12(7-5-11)18-15(19)14-9-8-13(10-16)17-14/h8-9,11-12,17H,2-7H2,1H3,(H,18,19). The first-order valence-corrected chi connectivity index (χ1v) is 7.13. The van der Waals surface area contributed by atoms with Gasteiger partial charge in [-0.25, -0.2) is 0 Å². The van der Waals surface area contributed by atoms with Crippen LogP contribution in [0.1, 0.15) is 61.6 Å². The first kappa shape index (κ1) is 13.7. The molecule has 0 aromatic carbocycles. The summed E-state index contributed by atoms with van der Waals surface area (Å²) >= 11 is 0. The first-order valence-electron chi connectivity index (χ1n) is 7.13. The largest absolute Gasteiger partial charge is 0.348 e. The Labute approximate surface area is 114 Å². The summed E-state index contributed by atoms with van der Waals surface area (Å²) < 4.78 is 0. The number of nitrogens with one attached hydrogen (secondary N) is 2. The number of nitriles is 1. The number of H-pyrrole nitrogens is 1. The van der Waals surface area contributed by atoms with Gasteiger partial charge in [0.25, 0.3) is 5.91 Å². The third-order valence-electron chi connectivity index (χ3n) is 3.93. The van der Waals surface area contributed by atoms with Crippen LogP contribution < -0.4 is 5.32 Å². The minimum atomic E-state index is -0.0968. The van der Waals surface area contributed by atoms with Crippen LogP contribution in [0.4, 0.5) is 0 Å². The molecule has 1 aliphatic rings. The average Bonchev–Trinajstić information content (AvgIpc) is 2.90. The molecule has 1 aromatic heterocycles. The van der Waals surface area contributed by atoms with Gasteiger partial charge in [0.1, 0.15) is 17.5 Å². The molecule has 2 rings (SSSR count). The van der Waals surface area contributed by atoms with Crippen molar-refractivity contribution in [2.24, 2.45) is 5.92 Å². The summed E-state index contributed by atoms with van der Waals surface area (Å²) in [6, 6.07) is 5.57. The van der Waals surface area contributed by atoms with Crippen molar-refractivity contribution in [3.05, 3.63) is 23.5 Å². The fraction of sp³-hybridized carbons (Fsp3) is 0.600. The van der Waals surface area contributed by atoms with Crippen molar-refractivity contribution < 1.29 is 4.79 Å². The fourth-order valence-corrected chi connectivity index (χ4v) is 2.86. The zero-order chi connectivity index (χ0) is 13.7. The first-order chi connectivity index (χ1) is 9.22. The minimum Gasteiger partial charge on any atom is -0.348 e. The van der Waals surface area contributed by atoms with Crippen LogP contribution in [-0.2, 0) is 0 Å². The van der Waals surface area contributed by atoms with Crippen molar-refractivity contribution in [2.45, 2.75) is 51.5 Å². The summed E-state index contributed by atoms with van der Waals surface area (Å²) in [5.41, 5.74) is 0.907. The monoisotopic (exact) mass is 259 g/mol. The predicted molar refractivity (Wildman–Crippen MR) is 73.6 cm³/mol. The maximum atomic E-state index is 12.0. The molecule has 0 radical (unpaired) electrons. The zero-order valence-corrected chi connectivity index (χ0v) is 11.4. The summed E-state index contributed by atoms with van der Waals surface area (Å²) in [6.45, 7) is 2.23. The molecular weight excluding hydrogens is 238 g/mol. The van der Waals surface area contributed by atoms with Crippen molar-refractivity contribution >= 4 is 5.91 Å². The third kappa shape index (κ3) is 3.60. The molecular formula is C15H21N3O. The summed E-state index contributed by atoms with van der Waals surface area (Å²) in [5, 5.41) is 11.8. The van der Waals surface area contributed by atoms with Crippen molar-refractivity contribution in [1.29, 1.82) is 5.26 Å². The second-order valence-electron chi connectivity index (χ2n) is 5.38. The summed E-state index contributed by atoms with van der Waals surface area (Å²) in [5.74, 6) is 0.745. The molecule has 1 amide bonds. The Hall–Kier alpha value is -1.76. The third-order valence-corrected chi connectivity index (χ3v) is 3.93. The van der Waals surface area contributed by atoms with E-state index in [0.29, 0.717) is 11.4 Å². The number of hydrogen-bond acceptors (Lipinski definition) is 2. The molecule has 0 unspecified atom stereocenters. The lowest BCUT2D eigenvalue weighted by Gasteiger charge is -2.28. The Balaban J connectivity index is 1.82. The summed E-state index contributed by atoms with van der Waals surface area (Å²) in [6.07, 6.45) is 7.13. The number of carbonyl (C=O) groups is 1. The average molecular weight is 259 g/mol. The van der Waals surface area contributed by atoms with E-state index in [1.807, 2.05) is 6.07 Å². The molecule has 1 aliphatic carbocycles. The molecule has 1 aromatic rings. The Kier molecular flexibility index (Phi) is 4.62. The van der Waals surface area contributed by atoms with Gasteiger partial charge < -0.3 is 10.3 Å². The molecule has 0 bridgehead atoms. The van der Waals surface area contributed by atoms with Gasteiger partial charge in [0, 0.05) is 6.04 Å². The molecule has 4 heteroatoms. The van der Waals surface area contributed by atoms with Crippen LogP contribution in [0.3, 0.4) is 0 Å². The summed E-state index contributed by atoms with van der Waals surface area (Å²) in [4.78, 5) is 14.8. The van der Waals surface area contributed by atoms with Crippen molar-refractivity contribution in [3.63, 3.8) is 0 Å². The summed E-state index contributed by atoms with van der Waals surface area (Å²) in [7, 11) is 0. The van der Waals surface area contributed by atoms with E-state index in [0.717, 1.165) is 18.8 Å². The van der Waals surface area contributed by atoms with Crippen LogP contribution in [0.2, 0.25) is 0 Å². The molecule has 1 fully saturated rings. The van der Waals surface area contributed by atoms with E-state index in [1.54, 1.807) is 12.1 Å². The minimum absolute atomic E-state index is 0.0968. The van der Waals surface area contributed by atoms with Crippen LogP contribution in [0.5, 0.6) is 0 Å². The van der Waals surface area contributed by atoms with Crippen molar-refractivity contribution in [3.8, 4) is 6.07 Å². The van der Waals surface area contributed by atoms with Crippen molar-refractivity contribution in [2.75, 3.05) is 0 Å². The molecule has 2 N–H and O–H groups in total. The lowest BCUT2D eigenvalue weighted by atomic mass is 9.83. The highest BCUT2D eigenvalue weighted by molar-refractivity contribution is 5.92. The molecule has 1 saturated carbocycles. The second-order valence-corrected chi connectivity index (χ2v) is 5.38. The number of rotatable bonds is 4. The molecule has 0 saturated heterocycles. The van der Waals surface area contributed by atoms with Gasteiger partial charge in [0.05, 0.1) is 0 Å². The lowest BCUT2D eigenvalue weighted by Crippen LogP contribution is -2.37. The fourth-order valence-electron chi connectivity index (χ4n) is 2.86. The molecule has 0 spiro atoms. The van der Waals surface area contributed by atoms with Crippen LogP contribution >= 0.6 is 0 Å². The van der Waals surface area contributed by atoms with E-state index >= 15 is 0 Å². The van der Waals surface area contributed by atoms with Crippen LogP contribution in [0, 0.1) is 17.2 Å². The maximum absolute atomic E-state index is 12.0. The molecule has 102 valence electrons. The van der Waals surface area contributed by atoms with Gasteiger partial charge in [-0.2, -0.15) is 5.26 Å². The van der Waals surface area contributed by atoms with Gasteiger partial charge in [0.15, 0.2) is 0 Å². The normalized spacial score (nSPS) is 22.7. The Bertz CT molecular complexity index is 464. The topological polar surface area (TPSA) is 68.7 Å².